The second kappa shape index (κ2) is 21.1. The maximum Gasteiger partial charge on any atom is 0.305 e. The lowest BCUT2D eigenvalue weighted by Crippen LogP contribution is -2.27. The van der Waals surface area contributed by atoms with E-state index in [0.717, 1.165) is 44.9 Å². The molecule has 0 saturated carbocycles. The number of hydrogen-bond acceptors (Lipinski definition) is 6. The lowest BCUT2D eigenvalue weighted by Gasteiger charge is -2.14. The van der Waals surface area contributed by atoms with Gasteiger partial charge in [0.25, 0.3) is 0 Å². The molecule has 0 aliphatic carbocycles. The van der Waals surface area contributed by atoms with Gasteiger partial charge in [0.2, 0.25) is 0 Å². The number of allylic oxidation sites excluding steroid dienone is 7. The summed E-state index contributed by atoms with van der Waals surface area (Å²) in [6.45, 7) is 2.86. The van der Waals surface area contributed by atoms with Gasteiger partial charge in [-0.3, -0.25) is 9.59 Å². The molecule has 6 heteroatoms. The van der Waals surface area contributed by atoms with Crippen LogP contribution in [0.4, 0.5) is 0 Å². The Hall–Kier alpha value is -2.18. The van der Waals surface area contributed by atoms with Gasteiger partial charge in [-0.25, -0.2) is 0 Å². The molecule has 0 bridgehead atoms. The topological polar surface area (TPSA) is 93.1 Å². The van der Waals surface area contributed by atoms with Gasteiger partial charge in [-0.05, 0) is 38.5 Å². The Balaban J connectivity index is 3.69. The van der Waals surface area contributed by atoms with Crippen LogP contribution in [0.3, 0.4) is 0 Å². The summed E-state index contributed by atoms with van der Waals surface area (Å²) in [6.07, 6.45) is 22.6. The van der Waals surface area contributed by atoms with Crippen molar-refractivity contribution in [2.45, 2.75) is 83.8 Å². The first-order chi connectivity index (χ1) is 15.0. The molecule has 0 aromatic carbocycles. The molecule has 0 saturated heterocycles. The molecule has 0 aromatic heterocycles. The van der Waals surface area contributed by atoms with E-state index in [9.17, 15) is 14.7 Å². The van der Waals surface area contributed by atoms with Gasteiger partial charge in [-0.15, -0.1) is 0 Å². The molecule has 2 N–H and O–H groups in total. The first kappa shape index (κ1) is 28.8. The molecule has 0 aliphatic rings. The predicted molar refractivity (Wildman–Crippen MR) is 123 cm³/mol. The zero-order valence-corrected chi connectivity index (χ0v) is 19.1. The largest absolute Gasteiger partial charge is 0.462 e. The van der Waals surface area contributed by atoms with E-state index in [1.54, 1.807) is 0 Å². The molecule has 0 rings (SSSR count). The number of aliphatic hydroxyl groups is 2. The molecule has 2 atom stereocenters. The summed E-state index contributed by atoms with van der Waals surface area (Å²) in [4.78, 5) is 22.4. The maximum absolute atomic E-state index is 11.6. The minimum Gasteiger partial charge on any atom is -0.462 e. The highest BCUT2D eigenvalue weighted by Gasteiger charge is 2.13. The SMILES string of the molecule is CCCC[C@H](O)/C=C\C/C=C\C/C=C\C/C=C\CCCC(=O)OC[C@H](CO)OC(C)=O. The molecule has 0 aliphatic heterocycles. The zero-order chi connectivity index (χ0) is 23.2. The molecule has 0 fully saturated rings. The van der Waals surface area contributed by atoms with Gasteiger partial charge < -0.3 is 19.7 Å². The van der Waals surface area contributed by atoms with Crippen LogP contribution in [0.25, 0.3) is 0 Å². The van der Waals surface area contributed by atoms with Gasteiger partial charge >= 0.3 is 11.9 Å². The number of esters is 2. The predicted octanol–water partition coefficient (Wildman–Crippen LogP) is 4.57. The number of aliphatic hydroxyl groups excluding tert-OH is 2. The summed E-state index contributed by atoms with van der Waals surface area (Å²) in [5.41, 5.74) is 0. The highest BCUT2D eigenvalue weighted by molar-refractivity contribution is 5.69. The van der Waals surface area contributed by atoms with Crippen molar-refractivity contribution in [2.24, 2.45) is 0 Å². The Labute approximate surface area is 187 Å². The Bertz CT molecular complexity index is 577. The quantitative estimate of drug-likeness (QED) is 0.186. The lowest BCUT2D eigenvalue weighted by atomic mass is 10.1. The van der Waals surface area contributed by atoms with Crippen molar-refractivity contribution in [3.63, 3.8) is 0 Å². The van der Waals surface area contributed by atoms with E-state index in [4.69, 9.17) is 14.6 Å². The minimum atomic E-state index is -0.803. The van der Waals surface area contributed by atoms with Gasteiger partial charge in [0.05, 0.1) is 12.7 Å². The zero-order valence-electron chi connectivity index (χ0n) is 19.1. The van der Waals surface area contributed by atoms with Crippen LogP contribution >= 0.6 is 0 Å². The van der Waals surface area contributed by atoms with Crippen molar-refractivity contribution in [2.75, 3.05) is 13.2 Å². The summed E-state index contributed by atoms with van der Waals surface area (Å²) in [7, 11) is 0. The number of carbonyl (C=O) groups is 2. The van der Waals surface area contributed by atoms with Crippen molar-refractivity contribution >= 4 is 11.9 Å². The molecule has 176 valence electrons. The van der Waals surface area contributed by atoms with Crippen molar-refractivity contribution in [1.82, 2.24) is 0 Å². The molecule has 0 amide bonds. The smallest absolute Gasteiger partial charge is 0.305 e. The average molecular weight is 437 g/mol. The fourth-order valence-electron chi connectivity index (χ4n) is 2.56. The summed E-state index contributed by atoms with van der Waals surface area (Å²) in [6, 6.07) is 0. The molecule has 0 heterocycles. The fraction of sp³-hybridized carbons (Fsp3) is 0.600. The third-order valence-corrected chi connectivity index (χ3v) is 4.25. The highest BCUT2D eigenvalue weighted by Crippen LogP contribution is 2.03. The number of rotatable bonds is 18. The van der Waals surface area contributed by atoms with E-state index in [0.29, 0.717) is 6.42 Å². The molecule has 0 radical (unpaired) electrons. The van der Waals surface area contributed by atoms with Crippen LogP contribution in [-0.2, 0) is 19.1 Å². The van der Waals surface area contributed by atoms with Crippen molar-refractivity contribution in [3.05, 3.63) is 48.6 Å². The Morgan fingerprint density at radius 1 is 0.935 bits per heavy atom. The number of hydrogen-bond donors (Lipinski definition) is 2. The van der Waals surface area contributed by atoms with E-state index < -0.39 is 12.1 Å². The number of carbonyl (C=O) groups excluding carboxylic acids is 2. The van der Waals surface area contributed by atoms with Crippen molar-refractivity contribution < 1.29 is 29.3 Å². The first-order valence-electron chi connectivity index (χ1n) is 11.2. The Morgan fingerprint density at radius 2 is 1.55 bits per heavy atom. The second-order valence-electron chi connectivity index (χ2n) is 7.25. The van der Waals surface area contributed by atoms with Crippen LogP contribution in [-0.4, -0.2) is 47.6 Å². The fourth-order valence-corrected chi connectivity index (χ4v) is 2.56. The summed E-state index contributed by atoms with van der Waals surface area (Å²) in [5.74, 6) is -0.882. The summed E-state index contributed by atoms with van der Waals surface area (Å²) < 4.78 is 9.79. The third kappa shape index (κ3) is 20.9. The molecule has 0 aromatic rings. The third-order valence-electron chi connectivity index (χ3n) is 4.25. The van der Waals surface area contributed by atoms with Crippen LogP contribution < -0.4 is 0 Å². The first-order valence-corrected chi connectivity index (χ1v) is 11.2. The highest BCUT2D eigenvalue weighted by atomic mass is 16.6. The molecule has 31 heavy (non-hydrogen) atoms. The normalized spacial score (nSPS) is 14.1. The van der Waals surface area contributed by atoms with Gasteiger partial charge in [0.15, 0.2) is 6.10 Å². The Kier molecular flexibility index (Phi) is 19.6. The van der Waals surface area contributed by atoms with E-state index >= 15 is 0 Å². The number of ether oxygens (including phenoxy) is 2. The van der Waals surface area contributed by atoms with Crippen molar-refractivity contribution in [3.8, 4) is 0 Å². The molecule has 0 unspecified atom stereocenters. The van der Waals surface area contributed by atoms with E-state index in [1.807, 2.05) is 18.2 Å². The van der Waals surface area contributed by atoms with Crippen LogP contribution in [0, 0.1) is 0 Å². The van der Waals surface area contributed by atoms with E-state index in [1.165, 1.54) is 6.92 Å². The van der Waals surface area contributed by atoms with Gasteiger partial charge in [0, 0.05) is 13.3 Å². The van der Waals surface area contributed by atoms with Crippen LogP contribution in [0.1, 0.15) is 71.6 Å². The van der Waals surface area contributed by atoms with E-state index in [-0.39, 0.29) is 31.7 Å². The second-order valence-corrected chi connectivity index (χ2v) is 7.25. The van der Waals surface area contributed by atoms with Crippen LogP contribution in [0.5, 0.6) is 0 Å². The monoisotopic (exact) mass is 436 g/mol. The van der Waals surface area contributed by atoms with Crippen LogP contribution in [0.15, 0.2) is 48.6 Å². The Morgan fingerprint density at radius 3 is 2.13 bits per heavy atom. The van der Waals surface area contributed by atoms with Gasteiger partial charge in [-0.2, -0.15) is 0 Å². The summed E-state index contributed by atoms with van der Waals surface area (Å²) >= 11 is 0. The van der Waals surface area contributed by atoms with Crippen molar-refractivity contribution in [1.29, 1.82) is 0 Å². The maximum atomic E-state index is 11.6. The van der Waals surface area contributed by atoms with Crippen LogP contribution in [0.2, 0.25) is 0 Å². The van der Waals surface area contributed by atoms with E-state index in [2.05, 4.69) is 37.3 Å². The van der Waals surface area contributed by atoms with Gasteiger partial charge in [-0.1, -0.05) is 68.4 Å². The molecular weight excluding hydrogens is 396 g/mol. The standard InChI is InChI=1S/C25H40O6/c1-3-4-17-23(28)18-15-13-11-9-7-5-6-8-10-12-14-16-19-25(29)30-21-24(20-26)31-22(2)27/h5-6,9-12,15,18,23-24,26,28H,3-4,7-8,13-14,16-17,19-21H2,1-2H3/b6-5-,11-9-,12-10-,18-15-/t23-,24-/m0/s1. The average Bonchev–Trinajstić information content (AvgIpc) is 2.74. The molecule has 6 nitrogen and oxygen atoms in total. The van der Waals surface area contributed by atoms with Gasteiger partial charge in [0.1, 0.15) is 6.61 Å². The minimum absolute atomic E-state index is 0.124. The lowest BCUT2D eigenvalue weighted by molar-refractivity contribution is -0.159. The molecule has 0 spiro atoms. The number of unbranched alkanes of at least 4 members (excludes halogenated alkanes) is 2. The summed E-state index contributed by atoms with van der Waals surface area (Å²) in [5, 5.41) is 18.7. The molecular formula is C25H40O6.